The van der Waals surface area contributed by atoms with Crippen LogP contribution in [-0.2, 0) is 11.3 Å². The van der Waals surface area contributed by atoms with Gasteiger partial charge in [-0.15, -0.1) is 0 Å². The second-order valence-electron chi connectivity index (χ2n) is 11.6. The summed E-state index contributed by atoms with van der Waals surface area (Å²) in [6, 6.07) is 17.3. The van der Waals surface area contributed by atoms with Crippen LogP contribution in [0.3, 0.4) is 0 Å². The van der Waals surface area contributed by atoms with Gasteiger partial charge in [0.1, 0.15) is 12.4 Å². The van der Waals surface area contributed by atoms with Gasteiger partial charge in [0.15, 0.2) is 5.96 Å². The number of likely N-dealkylation sites (tertiary alicyclic amines) is 1. The molecule has 228 valence electrons. The summed E-state index contributed by atoms with van der Waals surface area (Å²) in [5, 5.41) is 3.15. The maximum atomic E-state index is 13.1. The molecule has 1 atom stereocenters. The highest BCUT2D eigenvalue weighted by atomic mass is 16.6. The number of amides is 2. The molecular weight excluding hydrogens is 542 g/mol. The number of nitrogens with one attached hydrogen (secondary N) is 1. The summed E-state index contributed by atoms with van der Waals surface area (Å²) in [6.45, 7) is 4.10. The van der Waals surface area contributed by atoms with Crippen molar-refractivity contribution in [1.29, 1.82) is 0 Å². The molecule has 1 fully saturated rings. The van der Waals surface area contributed by atoms with Crippen molar-refractivity contribution in [1.82, 2.24) is 14.7 Å². The number of hydrogen-bond acceptors (Lipinski definition) is 6. The lowest BCUT2D eigenvalue weighted by Gasteiger charge is -2.35. The van der Waals surface area contributed by atoms with Crippen LogP contribution in [0.25, 0.3) is 0 Å². The van der Waals surface area contributed by atoms with Gasteiger partial charge in [0, 0.05) is 49.9 Å². The van der Waals surface area contributed by atoms with E-state index in [4.69, 9.17) is 15.5 Å². The van der Waals surface area contributed by atoms with Gasteiger partial charge in [-0.1, -0.05) is 42.0 Å². The van der Waals surface area contributed by atoms with Crippen LogP contribution in [-0.4, -0.2) is 91.4 Å². The van der Waals surface area contributed by atoms with Crippen LogP contribution in [0.4, 0.5) is 10.5 Å². The van der Waals surface area contributed by atoms with Crippen LogP contribution in [0.1, 0.15) is 48.0 Å². The lowest BCUT2D eigenvalue weighted by molar-refractivity contribution is 0.0659. The highest BCUT2D eigenvalue weighted by Gasteiger charge is 2.28. The lowest BCUT2D eigenvalue weighted by atomic mass is 9.87. The van der Waals surface area contributed by atoms with Crippen molar-refractivity contribution >= 4 is 29.5 Å². The molecule has 3 aliphatic heterocycles. The topological polar surface area (TPSA) is 116 Å². The lowest BCUT2D eigenvalue weighted by Crippen LogP contribution is -2.44. The third kappa shape index (κ3) is 8.01. The Labute approximate surface area is 254 Å². The van der Waals surface area contributed by atoms with E-state index >= 15 is 0 Å². The molecule has 10 heteroatoms. The van der Waals surface area contributed by atoms with Gasteiger partial charge >= 0.3 is 6.09 Å². The van der Waals surface area contributed by atoms with Crippen molar-refractivity contribution in [2.75, 3.05) is 52.1 Å². The number of anilines is 1. The molecule has 0 radical (unpaired) electrons. The number of nitrogens with zero attached hydrogens (tertiary/aromatic N) is 5. The molecule has 3 N–H and O–H groups in total. The molecule has 0 bridgehead atoms. The molecular formula is C33H43N7O3. The average Bonchev–Trinajstić information content (AvgIpc) is 3.04. The molecule has 10 nitrogen and oxygen atoms in total. The number of nitrogens with two attached hydrogens (primary N) is 1. The van der Waals surface area contributed by atoms with Crippen LogP contribution in [0.2, 0.25) is 0 Å². The summed E-state index contributed by atoms with van der Waals surface area (Å²) < 4.78 is 5.51. The number of guanidine groups is 1. The highest BCUT2D eigenvalue weighted by molar-refractivity contribution is 6.03. The quantitative estimate of drug-likeness (QED) is 0.296. The Hall–Kier alpha value is -4.18. The van der Waals surface area contributed by atoms with E-state index in [9.17, 15) is 9.59 Å². The molecule has 0 aromatic heterocycles. The fourth-order valence-electron chi connectivity index (χ4n) is 5.92. The van der Waals surface area contributed by atoms with Crippen LogP contribution in [0.5, 0.6) is 0 Å². The maximum Gasteiger partial charge on any atom is 0.410 e. The first-order valence-electron chi connectivity index (χ1n) is 15.2. The minimum absolute atomic E-state index is 0.0333. The monoisotopic (exact) mass is 585 g/mol. The third-order valence-corrected chi connectivity index (χ3v) is 8.59. The summed E-state index contributed by atoms with van der Waals surface area (Å²) in [5.74, 6) is 1.09. The first-order valence-corrected chi connectivity index (χ1v) is 15.2. The summed E-state index contributed by atoms with van der Waals surface area (Å²) >= 11 is 0. The number of carbonyl (C=O) groups is 2. The van der Waals surface area contributed by atoms with Gasteiger partial charge in [0.2, 0.25) is 0 Å². The second-order valence-corrected chi connectivity index (χ2v) is 11.6. The van der Waals surface area contributed by atoms with Gasteiger partial charge < -0.3 is 30.5 Å². The Morgan fingerprint density at radius 3 is 2.51 bits per heavy atom. The summed E-state index contributed by atoms with van der Waals surface area (Å²) in [7, 11) is 4.02. The van der Waals surface area contributed by atoms with E-state index in [0.717, 1.165) is 63.0 Å². The van der Waals surface area contributed by atoms with Gasteiger partial charge in [-0.05, 0) is 82.1 Å². The number of hydrogen-bond donors (Lipinski definition) is 2. The van der Waals surface area contributed by atoms with Crippen LogP contribution in [0, 0.1) is 5.92 Å². The molecule has 5 rings (SSSR count). The Bertz CT molecular complexity index is 1350. The largest absolute Gasteiger partial charge is 0.445 e. The van der Waals surface area contributed by atoms with Crippen LogP contribution in [0.15, 0.2) is 76.2 Å². The average molecular weight is 586 g/mol. The van der Waals surface area contributed by atoms with Crippen molar-refractivity contribution in [3.63, 3.8) is 0 Å². The Kier molecular flexibility index (Phi) is 10.1. The van der Waals surface area contributed by atoms with Crippen LogP contribution >= 0.6 is 0 Å². The first-order chi connectivity index (χ1) is 20.9. The predicted molar refractivity (Wildman–Crippen MR) is 170 cm³/mol. The molecule has 2 aromatic carbocycles. The van der Waals surface area contributed by atoms with Crippen molar-refractivity contribution in [2.45, 2.75) is 44.8 Å². The highest BCUT2D eigenvalue weighted by Crippen LogP contribution is 2.29. The summed E-state index contributed by atoms with van der Waals surface area (Å²) in [5.41, 5.74) is 9.93. The number of aliphatic imine (C=N–C) groups is 2. The van der Waals surface area contributed by atoms with Gasteiger partial charge in [-0.2, -0.15) is 4.99 Å². The van der Waals surface area contributed by atoms with E-state index in [1.54, 1.807) is 4.90 Å². The van der Waals surface area contributed by atoms with Gasteiger partial charge in [0.05, 0.1) is 0 Å². The first kappa shape index (κ1) is 30.3. The van der Waals surface area contributed by atoms with E-state index in [0.29, 0.717) is 24.5 Å². The number of ether oxygens (including phenoxy) is 1. The predicted octanol–water partition coefficient (Wildman–Crippen LogP) is 4.36. The molecule has 43 heavy (non-hydrogen) atoms. The van der Waals surface area contributed by atoms with Gasteiger partial charge in [-0.3, -0.25) is 9.79 Å². The molecule has 3 aliphatic rings. The summed E-state index contributed by atoms with van der Waals surface area (Å²) in [6.07, 6.45) is 6.47. The fraction of sp³-hybridized carbons (Fsp3) is 0.455. The number of rotatable bonds is 6. The van der Waals surface area contributed by atoms with Gasteiger partial charge in [-0.25, -0.2) is 4.79 Å². The van der Waals surface area contributed by atoms with E-state index in [2.05, 4.69) is 28.3 Å². The van der Waals surface area contributed by atoms with Crippen molar-refractivity contribution in [3.05, 3.63) is 77.4 Å². The minimum atomic E-state index is -0.302. The number of amidine groups is 1. The SMILES string of the molecule is CN1CCC(N(C)C(=O)c2ccc(NC(N)=NC3=NCCCC3C3=CCN(C(=O)OCc4ccccc4)CC3)cc2)CC1. The molecule has 1 saturated heterocycles. The molecule has 2 amide bonds. The normalized spacial score (nSPS) is 20.2. The van der Waals surface area contributed by atoms with Crippen molar-refractivity contribution < 1.29 is 14.3 Å². The van der Waals surface area contributed by atoms with E-state index in [1.165, 1.54) is 5.57 Å². The number of piperidine rings is 1. The summed E-state index contributed by atoms with van der Waals surface area (Å²) in [4.78, 5) is 40.9. The second kappa shape index (κ2) is 14.3. The van der Waals surface area contributed by atoms with Gasteiger partial charge in [0.25, 0.3) is 5.91 Å². The molecule has 0 spiro atoms. The molecule has 0 aliphatic carbocycles. The standard InChI is InChI=1S/C33H43N7O3/c1-38-19-16-28(17-20-38)39(2)31(41)26-10-12-27(13-11-26)36-32(34)37-30-29(9-6-18-35-30)25-14-21-40(22-15-25)33(42)43-23-24-7-4-3-5-8-24/h3-5,7-8,10-14,28-29H,6,9,15-23H2,1-2H3,(H3,34,35,36,37). The zero-order valence-corrected chi connectivity index (χ0v) is 25.2. The smallest absolute Gasteiger partial charge is 0.410 e. The maximum absolute atomic E-state index is 13.1. The van der Waals surface area contributed by atoms with E-state index < -0.39 is 0 Å². The number of carbonyl (C=O) groups excluding carboxylic acids is 2. The van der Waals surface area contributed by atoms with Crippen molar-refractivity contribution in [3.8, 4) is 0 Å². The Morgan fingerprint density at radius 1 is 1.07 bits per heavy atom. The molecule has 1 unspecified atom stereocenters. The zero-order valence-electron chi connectivity index (χ0n) is 25.2. The third-order valence-electron chi connectivity index (χ3n) is 8.59. The van der Waals surface area contributed by atoms with Crippen molar-refractivity contribution in [2.24, 2.45) is 21.6 Å². The van der Waals surface area contributed by atoms with E-state index in [-0.39, 0.29) is 36.5 Å². The Morgan fingerprint density at radius 2 is 1.81 bits per heavy atom. The minimum Gasteiger partial charge on any atom is -0.445 e. The zero-order chi connectivity index (χ0) is 30.2. The number of benzene rings is 2. The van der Waals surface area contributed by atoms with E-state index in [1.807, 2.05) is 66.5 Å². The Balaban J connectivity index is 1.15. The van der Waals surface area contributed by atoms with Crippen LogP contribution < -0.4 is 11.1 Å². The molecule has 3 heterocycles. The molecule has 0 saturated carbocycles. The fourth-order valence-corrected chi connectivity index (χ4v) is 5.92. The molecule has 2 aromatic rings.